The number of carbonyl (C=O) groups is 1. The molecule has 3 aromatic rings. The topological polar surface area (TPSA) is 93.0 Å². The molecule has 0 saturated carbocycles. The van der Waals surface area contributed by atoms with Crippen LogP contribution in [0.5, 0.6) is 5.75 Å². The highest BCUT2D eigenvalue weighted by Crippen LogP contribution is 2.20. The first-order valence-electron chi connectivity index (χ1n) is 8.67. The molecule has 1 amide bonds. The zero-order chi connectivity index (χ0) is 19.9. The van der Waals surface area contributed by atoms with E-state index in [1.54, 1.807) is 24.4 Å². The molecule has 146 valence electrons. The van der Waals surface area contributed by atoms with Crippen molar-refractivity contribution >= 4 is 5.91 Å². The smallest absolute Gasteiger partial charge is 0.234 e. The van der Waals surface area contributed by atoms with Crippen LogP contribution < -0.4 is 15.8 Å². The predicted molar refractivity (Wildman–Crippen MR) is 99.2 cm³/mol. The number of nitrogens with one attached hydrogen (secondary N) is 2. The van der Waals surface area contributed by atoms with Crippen LogP contribution in [0.1, 0.15) is 16.8 Å². The van der Waals surface area contributed by atoms with Crippen molar-refractivity contribution in [3.8, 4) is 5.75 Å². The SMILES string of the molecule is NC(=O)C(Cc1cnc[nH]1)NCc1ccc(OCc2cccc(F)c2)c(F)c1. The van der Waals surface area contributed by atoms with Crippen LogP contribution in [0.2, 0.25) is 0 Å². The number of H-pyrrole nitrogens is 1. The molecule has 8 heteroatoms. The van der Waals surface area contributed by atoms with Gasteiger partial charge in [-0.25, -0.2) is 13.8 Å². The van der Waals surface area contributed by atoms with Crippen LogP contribution in [0, 0.1) is 11.6 Å². The number of carbonyl (C=O) groups excluding carboxylic acids is 1. The summed E-state index contributed by atoms with van der Waals surface area (Å²) in [5.74, 6) is -1.36. The molecule has 0 aliphatic carbocycles. The van der Waals surface area contributed by atoms with Crippen molar-refractivity contribution in [3.05, 3.63) is 83.4 Å². The molecule has 4 N–H and O–H groups in total. The number of amides is 1. The van der Waals surface area contributed by atoms with E-state index in [1.807, 2.05) is 0 Å². The summed E-state index contributed by atoms with van der Waals surface area (Å²) >= 11 is 0. The van der Waals surface area contributed by atoms with Crippen molar-refractivity contribution in [1.29, 1.82) is 0 Å². The second-order valence-corrected chi connectivity index (χ2v) is 6.30. The number of benzene rings is 2. The van der Waals surface area contributed by atoms with E-state index in [2.05, 4.69) is 15.3 Å². The highest BCUT2D eigenvalue weighted by atomic mass is 19.1. The zero-order valence-electron chi connectivity index (χ0n) is 15.0. The molecule has 0 saturated heterocycles. The average molecular weight is 386 g/mol. The maximum Gasteiger partial charge on any atom is 0.234 e. The highest BCUT2D eigenvalue weighted by Gasteiger charge is 2.16. The minimum Gasteiger partial charge on any atom is -0.486 e. The summed E-state index contributed by atoms with van der Waals surface area (Å²) in [4.78, 5) is 18.4. The summed E-state index contributed by atoms with van der Waals surface area (Å²) in [6.07, 6.45) is 3.49. The third-order valence-electron chi connectivity index (χ3n) is 4.15. The number of hydrogen-bond donors (Lipinski definition) is 3. The molecule has 0 spiro atoms. The molecular weight excluding hydrogens is 366 g/mol. The number of rotatable bonds is 9. The van der Waals surface area contributed by atoms with Gasteiger partial charge in [-0.3, -0.25) is 4.79 Å². The molecule has 0 aliphatic heterocycles. The van der Waals surface area contributed by atoms with Crippen molar-refractivity contribution in [2.45, 2.75) is 25.6 Å². The van der Waals surface area contributed by atoms with Crippen molar-refractivity contribution in [3.63, 3.8) is 0 Å². The number of nitrogens with two attached hydrogens (primary N) is 1. The number of imidazole rings is 1. The lowest BCUT2D eigenvalue weighted by molar-refractivity contribution is -0.120. The van der Waals surface area contributed by atoms with E-state index in [0.717, 1.165) is 5.69 Å². The first kappa shape index (κ1) is 19.5. The van der Waals surface area contributed by atoms with Crippen LogP contribution >= 0.6 is 0 Å². The van der Waals surface area contributed by atoms with E-state index in [4.69, 9.17) is 10.5 Å². The number of aromatic amines is 1. The molecular formula is C20H20F2N4O2. The normalized spacial score (nSPS) is 11.9. The molecule has 28 heavy (non-hydrogen) atoms. The molecule has 1 aromatic heterocycles. The Morgan fingerprint density at radius 3 is 2.75 bits per heavy atom. The van der Waals surface area contributed by atoms with Crippen LogP contribution in [0.3, 0.4) is 0 Å². The zero-order valence-corrected chi connectivity index (χ0v) is 15.0. The van der Waals surface area contributed by atoms with Crippen molar-refractivity contribution in [2.75, 3.05) is 0 Å². The van der Waals surface area contributed by atoms with E-state index in [9.17, 15) is 13.6 Å². The van der Waals surface area contributed by atoms with Gasteiger partial charge in [0.1, 0.15) is 12.4 Å². The van der Waals surface area contributed by atoms with Gasteiger partial charge in [0.2, 0.25) is 5.91 Å². The number of aromatic nitrogens is 2. The Morgan fingerprint density at radius 2 is 2.07 bits per heavy atom. The molecule has 0 aliphatic rings. The molecule has 0 radical (unpaired) electrons. The second kappa shape index (κ2) is 9.09. The number of hydrogen-bond acceptors (Lipinski definition) is 4. The highest BCUT2D eigenvalue weighted by molar-refractivity contribution is 5.80. The Labute approximate surface area is 160 Å². The molecule has 1 atom stereocenters. The van der Waals surface area contributed by atoms with Crippen molar-refractivity contribution in [2.24, 2.45) is 5.73 Å². The lowest BCUT2D eigenvalue weighted by Crippen LogP contribution is -2.42. The maximum atomic E-state index is 14.3. The molecule has 2 aromatic carbocycles. The molecule has 1 unspecified atom stereocenters. The summed E-state index contributed by atoms with van der Waals surface area (Å²) in [6.45, 7) is 0.309. The van der Waals surface area contributed by atoms with Crippen LogP contribution in [-0.4, -0.2) is 21.9 Å². The Balaban J connectivity index is 1.57. The number of halogens is 2. The number of ether oxygens (including phenoxy) is 1. The van der Waals surface area contributed by atoms with E-state index in [1.165, 1.54) is 30.6 Å². The van der Waals surface area contributed by atoms with E-state index in [-0.39, 0.29) is 24.7 Å². The van der Waals surface area contributed by atoms with Crippen LogP contribution in [-0.2, 0) is 24.4 Å². The summed E-state index contributed by atoms with van der Waals surface area (Å²) in [7, 11) is 0. The fourth-order valence-corrected chi connectivity index (χ4v) is 2.69. The summed E-state index contributed by atoms with van der Waals surface area (Å²) in [5, 5.41) is 3.01. The van der Waals surface area contributed by atoms with E-state index >= 15 is 0 Å². The van der Waals surface area contributed by atoms with E-state index < -0.39 is 17.8 Å². The third-order valence-corrected chi connectivity index (χ3v) is 4.15. The van der Waals surface area contributed by atoms with Gasteiger partial charge in [-0.1, -0.05) is 18.2 Å². The first-order chi connectivity index (χ1) is 13.5. The predicted octanol–water partition coefficient (Wildman–Crippen LogP) is 2.45. The summed E-state index contributed by atoms with van der Waals surface area (Å²) < 4.78 is 32.9. The largest absolute Gasteiger partial charge is 0.486 e. The van der Waals surface area contributed by atoms with Gasteiger partial charge in [0.05, 0.1) is 12.4 Å². The van der Waals surface area contributed by atoms with Gasteiger partial charge in [0, 0.05) is 24.9 Å². The van der Waals surface area contributed by atoms with Crippen LogP contribution in [0.25, 0.3) is 0 Å². The Morgan fingerprint density at radius 1 is 1.21 bits per heavy atom. The molecule has 0 bridgehead atoms. The number of nitrogens with zero attached hydrogens (tertiary/aromatic N) is 1. The van der Waals surface area contributed by atoms with Gasteiger partial charge in [-0.2, -0.15) is 0 Å². The molecule has 3 rings (SSSR count). The molecule has 1 heterocycles. The standard InChI is InChI=1S/C20H20F2N4O2/c21-15-3-1-2-14(6-15)11-28-19-5-4-13(7-17(19)22)9-25-18(20(23)27)8-16-10-24-12-26-16/h1-7,10,12,18,25H,8-9,11H2,(H2,23,27)(H,24,26). The fourth-order valence-electron chi connectivity index (χ4n) is 2.69. The quantitative estimate of drug-likeness (QED) is 0.527. The Hall–Kier alpha value is -3.26. The van der Waals surface area contributed by atoms with Crippen molar-refractivity contribution in [1.82, 2.24) is 15.3 Å². The van der Waals surface area contributed by atoms with E-state index in [0.29, 0.717) is 17.5 Å². The first-order valence-corrected chi connectivity index (χ1v) is 8.67. The summed E-state index contributed by atoms with van der Waals surface area (Å²) in [5.41, 5.74) is 7.42. The summed E-state index contributed by atoms with van der Waals surface area (Å²) in [6, 6.07) is 9.82. The van der Waals surface area contributed by atoms with Gasteiger partial charge in [0.25, 0.3) is 0 Å². The second-order valence-electron chi connectivity index (χ2n) is 6.30. The van der Waals surface area contributed by atoms with Crippen LogP contribution in [0.4, 0.5) is 8.78 Å². The lowest BCUT2D eigenvalue weighted by atomic mass is 10.1. The van der Waals surface area contributed by atoms with Gasteiger partial charge in [-0.05, 0) is 35.4 Å². The van der Waals surface area contributed by atoms with Gasteiger partial charge in [0.15, 0.2) is 11.6 Å². The third kappa shape index (κ3) is 5.37. The minimum absolute atomic E-state index is 0.0558. The number of primary amides is 1. The Bertz CT molecular complexity index is 932. The maximum absolute atomic E-state index is 14.3. The monoisotopic (exact) mass is 386 g/mol. The van der Waals surface area contributed by atoms with Crippen LogP contribution in [0.15, 0.2) is 55.0 Å². The van der Waals surface area contributed by atoms with Gasteiger partial charge >= 0.3 is 0 Å². The molecule has 6 nitrogen and oxygen atoms in total. The lowest BCUT2D eigenvalue weighted by Gasteiger charge is -2.15. The van der Waals surface area contributed by atoms with Crippen molar-refractivity contribution < 1.29 is 18.3 Å². The van der Waals surface area contributed by atoms with Gasteiger partial charge in [-0.15, -0.1) is 0 Å². The Kier molecular flexibility index (Phi) is 6.33. The average Bonchev–Trinajstić information content (AvgIpc) is 3.17. The minimum atomic E-state index is -0.618. The molecule has 0 fully saturated rings. The fraction of sp³-hybridized carbons (Fsp3) is 0.200. The van der Waals surface area contributed by atoms with Gasteiger partial charge < -0.3 is 20.8 Å².